The van der Waals surface area contributed by atoms with E-state index in [1.54, 1.807) is 30.2 Å². The summed E-state index contributed by atoms with van der Waals surface area (Å²) in [5.74, 6) is -0.0194. The van der Waals surface area contributed by atoms with E-state index in [4.69, 9.17) is 9.47 Å². The Labute approximate surface area is 215 Å². The number of esters is 1. The number of nitrogens with zero attached hydrogens (tertiary/aromatic N) is 5. The fourth-order valence-electron chi connectivity index (χ4n) is 3.69. The summed E-state index contributed by atoms with van der Waals surface area (Å²) < 4.78 is 13.3. The summed E-state index contributed by atoms with van der Waals surface area (Å²) in [6, 6.07) is 0. The van der Waals surface area contributed by atoms with Crippen molar-refractivity contribution in [3.8, 4) is 0 Å². The third-order valence-electron chi connectivity index (χ3n) is 5.70. The van der Waals surface area contributed by atoms with E-state index >= 15 is 0 Å². The molecular weight excluding hydrogens is 480 g/mol. The Morgan fingerprint density at radius 3 is 2.16 bits per heavy atom. The minimum Gasteiger partial charge on any atom is -0.444 e. The van der Waals surface area contributed by atoms with Gasteiger partial charge in [-0.2, -0.15) is 4.98 Å². The SMILES string of the molecule is CC(C)=CCn1c(N2CCN(C(=O)OC(C)(C)C)CC2)nc2[nH]c(=O)n(COC(=O)C(C)(C)C)c(=O)c21. The van der Waals surface area contributed by atoms with Gasteiger partial charge in [-0.25, -0.2) is 14.2 Å². The van der Waals surface area contributed by atoms with Crippen LogP contribution in [0.25, 0.3) is 11.2 Å². The number of carbonyl (C=O) groups excluding carboxylic acids is 2. The largest absolute Gasteiger partial charge is 0.444 e. The topological polar surface area (TPSA) is 132 Å². The minimum atomic E-state index is -0.777. The van der Waals surface area contributed by atoms with Gasteiger partial charge in [0, 0.05) is 32.7 Å². The number of piperazine rings is 1. The van der Waals surface area contributed by atoms with Crippen molar-refractivity contribution in [1.29, 1.82) is 0 Å². The van der Waals surface area contributed by atoms with Gasteiger partial charge in [0.15, 0.2) is 17.9 Å². The van der Waals surface area contributed by atoms with Crippen molar-refractivity contribution in [2.75, 3.05) is 31.1 Å². The minimum absolute atomic E-state index is 0.153. The lowest BCUT2D eigenvalue weighted by Crippen LogP contribution is -2.50. The van der Waals surface area contributed by atoms with Crippen LogP contribution in [-0.2, 0) is 27.5 Å². The number of nitrogens with one attached hydrogen (secondary N) is 1. The van der Waals surface area contributed by atoms with Gasteiger partial charge in [-0.15, -0.1) is 0 Å². The molecule has 37 heavy (non-hydrogen) atoms. The number of ether oxygens (including phenoxy) is 2. The Morgan fingerprint density at radius 1 is 1.00 bits per heavy atom. The molecule has 0 unspecified atom stereocenters. The third kappa shape index (κ3) is 6.60. The van der Waals surface area contributed by atoms with E-state index in [2.05, 4.69) is 9.97 Å². The van der Waals surface area contributed by atoms with Crippen LogP contribution in [0, 0.1) is 5.41 Å². The van der Waals surface area contributed by atoms with Crippen LogP contribution in [0.2, 0.25) is 0 Å². The zero-order valence-corrected chi connectivity index (χ0v) is 23.0. The van der Waals surface area contributed by atoms with Gasteiger partial charge in [-0.05, 0) is 55.4 Å². The van der Waals surface area contributed by atoms with Crippen LogP contribution in [0.1, 0.15) is 55.4 Å². The van der Waals surface area contributed by atoms with Crippen LogP contribution in [0.15, 0.2) is 21.2 Å². The molecule has 0 atom stereocenters. The van der Waals surface area contributed by atoms with Crippen LogP contribution in [-0.4, -0.2) is 67.8 Å². The average molecular weight is 519 g/mol. The number of allylic oxidation sites excluding steroid dienone is 2. The molecule has 1 fully saturated rings. The lowest BCUT2D eigenvalue weighted by molar-refractivity contribution is -0.157. The van der Waals surface area contributed by atoms with Gasteiger partial charge < -0.3 is 23.8 Å². The van der Waals surface area contributed by atoms with E-state index in [0.29, 0.717) is 38.7 Å². The number of fused-ring (bicyclic) bond motifs is 1. The highest BCUT2D eigenvalue weighted by Gasteiger charge is 2.29. The molecular formula is C25H38N6O6. The Hall–Kier alpha value is -3.57. The lowest BCUT2D eigenvalue weighted by atomic mass is 9.98. The van der Waals surface area contributed by atoms with Gasteiger partial charge in [0.2, 0.25) is 5.95 Å². The second-order valence-electron chi connectivity index (χ2n) is 11.4. The number of rotatable bonds is 5. The number of aromatic nitrogens is 4. The van der Waals surface area contributed by atoms with Crippen molar-refractivity contribution in [2.24, 2.45) is 5.41 Å². The van der Waals surface area contributed by atoms with Crippen molar-refractivity contribution in [3.63, 3.8) is 0 Å². The summed E-state index contributed by atoms with van der Waals surface area (Å²) >= 11 is 0. The lowest BCUT2D eigenvalue weighted by Gasteiger charge is -2.36. The first-order valence-corrected chi connectivity index (χ1v) is 12.4. The van der Waals surface area contributed by atoms with Gasteiger partial charge in [0.05, 0.1) is 5.41 Å². The average Bonchev–Trinajstić information content (AvgIpc) is 3.13. The summed E-state index contributed by atoms with van der Waals surface area (Å²) in [5, 5.41) is 0. The van der Waals surface area contributed by atoms with Crippen molar-refractivity contribution in [1.82, 2.24) is 24.0 Å². The number of carbonyl (C=O) groups is 2. The van der Waals surface area contributed by atoms with E-state index in [0.717, 1.165) is 10.1 Å². The Bertz CT molecular complexity index is 1310. The number of imidazole rings is 1. The van der Waals surface area contributed by atoms with Gasteiger partial charge in [-0.3, -0.25) is 14.6 Å². The number of amides is 1. The van der Waals surface area contributed by atoms with E-state index in [-0.39, 0.29) is 17.3 Å². The highest BCUT2D eigenvalue weighted by Crippen LogP contribution is 2.22. The molecule has 0 bridgehead atoms. The summed E-state index contributed by atoms with van der Waals surface area (Å²) in [5.41, 5.74) is -1.28. The third-order valence-corrected chi connectivity index (χ3v) is 5.70. The molecule has 3 rings (SSSR count). The Morgan fingerprint density at radius 2 is 1.62 bits per heavy atom. The van der Waals surface area contributed by atoms with Crippen molar-refractivity contribution < 1.29 is 19.1 Å². The number of H-pyrrole nitrogens is 1. The summed E-state index contributed by atoms with van der Waals surface area (Å²) in [4.78, 5) is 61.7. The summed E-state index contributed by atoms with van der Waals surface area (Å²) in [6.07, 6.45) is 1.58. The quantitative estimate of drug-likeness (QED) is 0.472. The molecule has 0 spiro atoms. The molecule has 2 aromatic rings. The maximum atomic E-state index is 13.4. The molecule has 0 aliphatic carbocycles. The zero-order valence-electron chi connectivity index (χ0n) is 23.0. The van der Waals surface area contributed by atoms with Crippen LogP contribution < -0.4 is 16.1 Å². The van der Waals surface area contributed by atoms with Gasteiger partial charge in [-0.1, -0.05) is 11.6 Å². The molecule has 1 aliphatic rings. The Balaban J connectivity index is 1.96. The molecule has 1 amide bonds. The number of aromatic amines is 1. The summed E-state index contributed by atoms with van der Waals surface area (Å²) in [7, 11) is 0. The maximum Gasteiger partial charge on any atom is 0.410 e. The fraction of sp³-hybridized carbons (Fsp3) is 0.640. The monoisotopic (exact) mass is 518 g/mol. The second kappa shape index (κ2) is 10.4. The fourth-order valence-corrected chi connectivity index (χ4v) is 3.69. The molecule has 3 heterocycles. The van der Waals surface area contributed by atoms with Crippen LogP contribution in [0.3, 0.4) is 0 Å². The van der Waals surface area contributed by atoms with E-state index in [1.165, 1.54) is 0 Å². The molecule has 0 aromatic carbocycles. The molecule has 12 heteroatoms. The molecule has 1 N–H and O–H groups in total. The van der Waals surface area contributed by atoms with Crippen molar-refractivity contribution >= 4 is 29.2 Å². The molecule has 0 radical (unpaired) electrons. The summed E-state index contributed by atoms with van der Waals surface area (Å²) in [6.45, 7) is 16.1. The Kier molecular flexibility index (Phi) is 7.89. The number of anilines is 1. The molecule has 2 aromatic heterocycles. The van der Waals surface area contributed by atoms with Crippen LogP contribution >= 0.6 is 0 Å². The van der Waals surface area contributed by atoms with E-state index < -0.39 is 35.0 Å². The normalized spacial score (nSPS) is 14.6. The van der Waals surface area contributed by atoms with E-state index in [9.17, 15) is 19.2 Å². The highest BCUT2D eigenvalue weighted by molar-refractivity contribution is 5.76. The van der Waals surface area contributed by atoms with Gasteiger partial charge in [0.1, 0.15) is 5.60 Å². The number of hydrogen-bond donors (Lipinski definition) is 1. The smallest absolute Gasteiger partial charge is 0.410 e. The predicted molar refractivity (Wildman–Crippen MR) is 140 cm³/mol. The van der Waals surface area contributed by atoms with Gasteiger partial charge >= 0.3 is 17.8 Å². The first kappa shape index (κ1) is 28.0. The zero-order chi connectivity index (χ0) is 27.7. The first-order valence-electron chi connectivity index (χ1n) is 12.4. The van der Waals surface area contributed by atoms with Crippen LogP contribution in [0.5, 0.6) is 0 Å². The van der Waals surface area contributed by atoms with Crippen molar-refractivity contribution in [2.45, 2.75) is 74.3 Å². The van der Waals surface area contributed by atoms with Crippen LogP contribution in [0.4, 0.5) is 10.7 Å². The van der Waals surface area contributed by atoms with Crippen molar-refractivity contribution in [3.05, 3.63) is 32.5 Å². The molecule has 12 nitrogen and oxygen atoms in total. The molecule has 0 saturated carbocycles. The predicted octanol–water partition coefficient (Wildman–Crippen LogP) is 2.46. The first-order chi connectivity index (χ1) is 17.1. The van der Waals surface area contributed by atoms with E-state index in [1.807, 2.05) is 45.6 Å². The molecule has 1 aliphatic heterocycles. The maximum absolute atomic E-state index is 13.4. The molecule has 204 valence electrons. The second-order valence-corrected chi connectivity index (χ2v) is 11.4. The standard InChI is InChI=1S/C25H38N6O6/c1-16(2)9-10-30-17-18(27-22(34)31(19(17)32)15-36-20(33)24(3,4)5)26-21(30)28-11-13-29(14-12-28)23(35)37-25(6,7)8/h9H,10-15H2,1-8H3,(H,27,34). The molecule has 1 saturated heterocycles. The van der Waals surface area contributed by atoms with Gasteiger partial charge in [0.25, 0.3) is 5.56 Å². The highest BCUT2D eigenvalue weighted by atomic mass is 16.6. The number of hydrogen-bond acceptors (Lipinski definition) is 8.